The van der Waals surface area contributed by atoms with Crippen LogP contribution in [0.15, 0.2) is 0 Å². The maximum absolute atomic E-state index is 12.3. The molecule has 1 unspecified atom stereocenters. The lowest BCUT2D eigenvalue weighted by Crippen LogP contribution is -2.50. The predicted octanol–water partition coefficient (Wildman–Crippen LogP) is 1.61. The van der Waals surface area contributed by atoms with Crippen molar-refractivity contribution < 1.29 is 4.79 Å². The van der Waals surface area contributed by atoms with E-state index in [1.807, 2.05) is 0 Å². The topological polar surface area (TPSA) is 44.4 Å². The van der Waals surface area contributed by atoms with Gasteiger partial charge < -0.3 is 10.6 Å². The van der Waals surface area contributed by atoms with Crippen LogP contribution in [0.25, 0.3) is 0 Å². The van der Waals surface area contributed by atoms with Crippen LogP contribution in [0.2, 0.25) is 0 Å². The van der Waals surface area contributed by atoms with Gasteiger partial charge in [-0.15, -0.1) is 0 Å². The minimum atomic E-state index is -0.223. The quantitative estimate of drug-likeness (QED) is 0.770. The first kappa shape index (κ1) is 16.4. The van der Waals surface area contributed by atoms with E-state index in [1.165, 1.54) is 0 Å². The minimum absolute atomic E-state index is 0.201. The zero-order valence-corrected chi connectivity index (χ0v) is 13.3. The molecule has 0 spiro atoms. The second-order valence-corrected chi connectivity index (χ2v) is 6.52. The van der Waals surface area contributed by atoms with Crippen molar-refractivity contribution in [2.75, 3.05) is 26.2 Å². The van der Waals surface area contributed by atoms with Gasteiger partial charge in [0.15, 0.2) is 0 Å². The standard InChI is InChI=1S/C15H31N3O/c1-12(2)18(13(3)4)10-9-17-14(19)15(5)7-6-8-16-11-15/h12-13,16H,6-11H2,1-5H3,(H,17,19). The van der Waals surface area contributed by atoms with E-state index in [9.17, 15) is 4.79 Å². The van der Waals surface area contributed by atoms with Crippen molar-refractivity contribution in [2.24, 2.45) is 5.41 Å². The third kappa shape index (κ3) is 4.77. The smallest absolute Gasteiger partial charge is 0.227 e. The molecule has 0 aliphatic carbocycles. The monoisotopic (exact) mass is 269 g/mol. The molecule has 1 rings (SSSR count). The van der Waals surface area contributed by atoms with Crippen LogP contribution in [0.3, 0.4) is 0 Å². The fourth-order valence-corrected chi connectivity index (χ4v) is 2.87. The molecule has 1 amide bonds. The average Bonchev–Trinajstić information content (AvgIpc) is 2.34. The number of rotatable bonds is 6. The van der Waals surface area contributed by atoms with Crippen molar-refractivity contribution in [3.8, 4) is 0 Å². The molecule has 0 radical (unpaired) electrons. The first-order chi connectivity index (χ1) is 8.87. The maximum atomic E-state index is 12.3. The normalized spacial score (nSPS) is 24.2. The lowest BCUT2D eigenvalue weighted by atomic mass is 9.82. The highest BCUT2D eigenvalue weighted by Crippen LogP contribution is 2.25. The maximum Gasteiger partial charge on any atom is 0.227 e. The van der Waals surface area contributed by atoms with Crippen LogP contribution < -0.4 is 10.6 Å². The van der Waals surface area contributed by atoms with Gasteiger partial charge in [-0.05, 0) is 54.0 Å². The van der Waals surface area contributed by atoms with Crippen LogP contribution >= 0.6 is 0 Å². The zero-order chi connectivity index (χ0) is 14.5. The Balaban J connectivity index is 2.37. The Morgan fingerprint density at radius 3 is 2.42 bits per heavy atom. The Kier molecular flexibility index (Phi) is 6.27. The summed E-state index contributed by atoms with van der Waals surface area (Å²) in [6.07, 6.45) is 2.08. The van der Waals surface area contributed by atoms with E-state index in [1.54, 1.807) is 0 Å². The van der Waals surface area contributed by atoms with Crippen LogP contribution in [0.4, 0.5) is 0 Å². The number of hydrogen-bond acceptors (Lipinski definition) is 3. The summed E-state index contributed by atoms with van der Waals surface area (Å²) in [4.78, 5) is 14.7. The molecular weight excluding hydrogens is 238 g/mol. The number of hydrogen-bond donors (Lipinski definition) is 2. The molecule has 0 saturated carbocycles. The molecule has 2 N–H and O–H groups in total. The first-order valence-electron chi connectivity index (χ1n) is 7.61. The van der Waals surface area contributed by atoms with E-state index in [0.29, 0.717) is 12.1 Å². The van der Waals surface area contributed by atoms with E-state index in [-0.39, 0.29) is 11.3 Å². The van der Waals surface area contributed by atoms with Crippen LogP contribution in [-0.4, -0.2) is 49.1 Å². The van der Waals surface area contributed by atoms with Crippen molar-refractivity contribution in [1.29, 1.82) is 0 Å². The predicted molar refractivity (Wildman–Crippen MR) is 80.2 cm³/mol. The van der Waals surface area contributed by atoms with Crippen molar-refractivity contribution in [3.05, 3.63) is 0 Å². The molecule has 1 aliphatic rings. The number of nitrogens with zero attached hydrogens (tertiary/aromatic N) is 1. The van der Waals surface area contributed by atoms with Gasteiger partial charge in [-0.1, -0.05) is 0 Å². The second-order valence-electron chi connectivity index (χ2n) is 6.52. The molecular formula is C15H31N3O. The molecule has 1 heterocycles. The molecule has 0 aromatic carbocycles. The van der Waals surface area contributed by atoms with E-state index in [0.717, 1.165) is 39.0 Å². The minimum Gasteiger partial charge on any atom is -0.354 e. The van der Waals surface area contributed by atoms with Crippen molar-refractivity contribution in [3.63, 3.8) is 0 Å². The van der Waals surface area contributed by atoms with Crippen molar-refractivity contribution in [1.82, 2.24) is 15.5 Å². The Hall–Kier alpha value is -0.610. The summed E-state index contributed by atoms with van der Waals surface area (Å²) in [5, 5.41) is 6.43. The molecule has 1 aliphatic heterocycles. The Labute approximate surface area is 118 Å². The van der Waals surface area contributed by atoms with E-state index >= 15 is 0 Å². The summed E-state index contributed by atoms with van der Waals surface area (Å²) in [6, 6.07) is 1.03. The molecule has 0 bridgehead atoms. The highest BCUT2D eigenvalue weighted by Gasteiger charge is 2.34. The number of piperidine rings is 1. The van der Waals surface area contributed by atoms with Gasteiger partial charge in [0.2, 0.25) is 5.91 Å². The highest BCUT2D eigenvalue weighted by molar-refractivity contribution is 5.82. The summed E-state index contributed by atoms with van der Waals surface area (Å²) in [7, 11) is 0. The Morgan fingerprint density at radius 2 is 1.95 bits per heavy atom. The molecule has 0 aromatic heterocycles. The third-order valence-electron chi connectivity index (χ3n) is 4.13. The van der Waals surface area contributed by atoms with E-state index in [4.69, 9.17) is 0 Å². The molecule has 0 aromatic rings. The molecule has 1 saturated heterocycles. The SMILES string of the molecule is CC(C)N(CCNC(=O)C1(C)CCCNC1)C(C)C. The number of nitrogens with one attached hydrogen (secondary N) is 2. The summed E-state index contributed by atoms with van der Waals surface area (Å²) in [6.45, 7) is 14.4. The van der Waals surface area contributed by atoms with Crippen molar-refractivity contribution in [2.45, 2.75) is 59.5 Å². The summed E-state index contributed by atoms with van der Waals surface area (Å²) < 4.78 is 0. The zero-order valence-electron chi connectivity index (χ0n) is 13.3. The average molecular weight is 269 g/mol. The summed E-state index contributed by atoms with van der Waals surface area (Å²) >= 11 is 0. The van der Waals surface area contributed by atoms with Gasteiger partial charge in [0.1, 0.15) is 0 Å². The fraction of sp³-hybridized carbons (Fsp3) is 0.933. The lowest BCUT2D eigenvalue weighted by Gasteiger charge is -2.34. The fourth-order valence-electron chi connectivity index (χ4n) is 2.87. The summed E-state index contributed by atoms with van der Waals surface area (Å²) in [5.41, 5.74) is -0.223. The van der Waals surface area contributed by atoms with Gasteiger partial charge in [0.25, 0.3) is 0 Å². The van der Waals surface area contributed by atoms with Gasteiger partial charge in [0, 0.05) is 31.7 Å². The molecule has 19 heavy (non-hydrogen) atoms. The van der Waals surface area contributed by atoms with Crippen molar-refractivity contribution >= 4 is 5.91 Å². The molecule has 1 fully saturated rings. The molecule has 112 valence electrons. The molecule has 4 heteroatoms. The van der Waals surface area contributed by atoms with Gasteiger partial charge >= 0.3 is 0 Å². The third-order valence-corrected chi connectivity index (χ3v) is 4.13. The van der Waals surface area contributed by atoms with Gasteiger partial charge in [0.05, 0.1) is 5.41 Å². The molecule has 4 nitrogen and oxygen atoms in total. The number of amides is 1. The van der Waals surface area contributed by atoms with Gasteiger partial charge in [-0.25, -0.2) is 0 Å². The van der Waals surface area contributed by atoms with Crippen LogP contribution in [0, 0.1) is 5.41 Å². The van der Waals surface area contributed by atoms with Crippen LogP contribution in [-0.2, 0) is 4.79 Å². The summed E-state index contributed by atoms with van der Waals surface area (Å²) in [5.74, 6) is 0.201. The number of carbonyl (C=O) groups excluding carboxylic acids is 1. The van der Waals surface area contributed by atoms with Crippen LogP contribution in [0.5, 0.6) is 0 Å². The number of carbonyl (C=O) groups is 1. The van der Waals surface area contributed by atoms with Crippen LogP contribution in [0.1, 0.15) is 47.5 Å². The molecule has 1 atom stereocenters. The Morgan fingerprint density at radius 1 is 1.32 bits per heavy atom. The first-order valence-corrected chi connectivity index (χ1v) is 7.61. The Bertz CT molecular complexity index is 275. The largest absolute Gasteiger partial charge is 0.354 e. The second kappa shape index (κ2) is 7.25. The lowest BCUT2D eigenvalue weighted by molar-refractivity contribution is -0.131. The highest BCUT2D eigenvalue weighted by atomic mass is 16.2. The van der Waals surface area contributed by atoms with E-state index in [2.05, 4.69) is 50.2 Å². The van der Waals surface area contributed by atoms with Gasteiger partial charge in [-0.3, -0.25) is 9.69 Å². The van der Waals surface area contributed by atoms with E-state index < -0.39 is 0 Å². The van der Waals surface area contributed by atoms with Gasteiger partial charge in [-0.2, -0.15) is 0 Å².